The number of aromatic amines is 1. The van der Waals surface area contributed by atoms with Crippen LogP contribution in [0.25, 0.3) is 10.9 Å². The molecule has 3 N–H and O–H groups in total. The molecular formula is C28H35ClN4O3. The molecule has 192 valence electrons. The number of aromatic nitrogens is 2. The van der Waals surface area contributed by atoms with Crippen LogP contribution in [0.1, 0.15) is 66.0 Å². The Balaban J connectivity index is 1.35. The summed E-state index contributed by atoms with van der Waals surface area (Å²) in [6.07, 6.45) is 4.66. The minimum atomic E-state index is -0.275. The molecule has 8 heteroatoms. The molecule has 7 nitrogen and oxygen atoms in total. The smallest absolute Gasteiger partial charge is 0.254 e. The highest BCUT2D eigenvalue weighted by Gasteiger charge is 2.31. The summed E-state index contributed by atoms with van der Waals surface area (Å²) in [5.41, 5.74) is 3.47. The van der Waals surface area contributed by atoms with Gasteiger partial charge >= 0.3 is 0 Å². The van der Waals surface area contributed by atoms with Crippen molar-refractivity contribution in [2.75, 3.05) is 13.2 Å². The molecule has 0 spiro atoms. The number of para-hydroxylation sites is 1. The number of aryl methyl sites for hydroxylation is 1. The largest absolute Gasteiger partial charge is 0.378 e. The number of ether oxygens (including phenoxy) is 1. The van der Waals surface area contributed by atoms with Gasteiger partial charge in [-0.2, -0.15) is 0 Å². The molecular weight excluding hydrogens is 476 g/mol. The first-order valence-corrected chi connectivity index (χ1v) is 13.3. The van der Waals surface area contributed by atoms with Gasteiger partial charge in [-0.15, -0.1) is 0 Å². The van der Waals surface area contributed by atoms with Crippen LogP contribution in [0, 0.1) is 19.8 Å². The van der Waals surface area contributed by atoms with Gasteiger partial charge in [0.15, 0.2) is 0 Å². The number of rotatable bonds is 7. The predicted octanol–water partition coefficient (Wildman–Crippen LogP) is 4.64. The van der Waals surface area contributed by atoms with Crippen molar-refractivity contribution in [3.8, 4) is 0 Å². The third-order valence-electron chi connectivity index (χ3n) is 8.00. The summed E-state index contributed by atoms with van der Waals surface area (Å²) >= 11 is 6.29. The first-order valence-electron chi connectivity index (χ1n) is 12.9. The Bertz CT molecular complexity index is 1320. The first-order chi connectivity index (χ1) is 17.3. The molecule has 1 aliphatic heterocycles. The average Bonchev–Trinajstić information content (AvgIpc) is 3.12. The van der Waals surface area contributed by atoms with E-state index in [4.69, 9.17) is 16.3 Å². The van der Waals surface area contributed by atoms with Gasteiger partial charge in [-0.1, -0.05) is 29.8 Å². The van der Waals surface area contributed by atoms with E-state index in [1.165, 1.54) is 12.8 Å². The molecule has 1 amide bonds. The Kier molecular flexibility index (Phi) is 7.24. The number of hydrogen-bond acceptors (Lipinski definition) is 4. The molecule has 1 atom stereocenters. The molecule has 3 heterocycles. The van der Waals surface area contributed by atoms with E-state index in [9.17, 15) is 9.59 Å². The fourth-order valence-corrected chi connectivity index (χ4v) is 6.26. The molecule has 5 rings (SSSR count). The minimum absolute atomic E-state index is 0.0742. The second kappa shape index (κ2) is 10.4. The number of hydrogen-bond donors (Lipinski definition) is 3. The van der Waals surface area contributed by atoms with Crippen molar-refractivity contribution in [1.82, 2.24) is 20.2 Å². The van der Waals surface area contributed by atoms with E-state index in [2.05, 4.69) is 33.2 Å². The van der Waals surface area contributed by atoms with Crippen LogP contribution in [0.4, 0.5) is 0 Å². The van der Waals surface area contributed by atoms with Crippen molar-refractivity contribution in [2.45, 2.75) is 71.1 Å². The Labute approximate surface area is 216 Å². The molecule has 0 radical (unpaired) electrons. The number of nitrogens with one attached hydrogen (secondary N) is 3. The predicted molar refractivity (Wildman–Crippen MR) is 143 cm³/mol. The fraction of sp³-hybridized carbons (Fsp3) is 0.500. The van der Waals surface area contributed by atoms with Crippen LogP contribution < -0.4 is 16.2 Å². The molecule has 3 aromatic rings. The summed E-state index contributed by atoms with van der Waals surface area (Å²) in [6, 6.07) is 11.2. The third kappa shape index (κ3) is 4.84. The maximum Gasteiger partial charge on any atom is 0.254 e. The standard InChI is InChI=1S/C28H35ClN4O3/c1-16-12-24(29)23(27(34)31-16)13-30-28(35)26-18(3)33(25-7-5-4-6-22(25)26)17(2)19-8-10-20(11-9-19)32-21-14-36-15-21/h4-7,12,17,19-21,32H,8-11,13-15H2,1-3H3,(H,30,35)(H,31,34)/t17-,19?,20?/m1/s1. The van der Waals surface area contributed by atoms with Crippen molar-refractivity contribution in [3.05, 3.63) is 68.2 Å². The number of carbonyl (C=O) groups excluding carboxylic acids is 1. The SMILES string of the molecule is Cc1cc(Cl)c(CNC(=O)c2c(C)n([C@H](C)C3CCC(NC4COC4)CC3)c3ccccc23)c(=O)[nH]1. The van der Waals surface area contributed by atoms with E-state index in [-0.39, 0.29) is 24.1 Å². The van der Waals surface area contributed by atoms with Gasteiger partial charge in [-0.25, -0.2) is 0 Å². The average molecular weight is 511 g/mol. The topological polar surface area (TPSA) is 88.2 Å². The molecule has 1 saturated carbocycles. The highest BCUT2D eigenvalue weighted by Crippen LogP contribution is 2.38. The van der Waals surface area contributed by atoms with Gasteiger partial charge in [0, 0.05) is 34.4 Å². The van der Waals surface area contributed by atoms with Gasteiger partial charge < -0.3 is 24.9 Å². The molecule has 0 unspecified atom stereocenters. The molecule has 1 saturated heterocycles. The zero-order chi connectivity index (χ0) is 25.4. The van der Waals surface area contributed by atoms with Crippen LogP contribution in [-0.4, -0.2) is 40.8 Å². The quantitative estimate of drug-likeness (QED) is 0.432. The van der Waals surface area contributed by atoms with Crippen LogP contribution in [0.5, 0.6) is 0 Å². The van der Waals surface area contributed by atoms with E-state index in [0.717, 1.165) is 42.7 Å². The maximum absolute atomic E-state index is 13.4. The van der Waals surface area contributed by atoms with Crippen molar-refractivity contribution in [2.24, 2.45) is 5.92 Å². The van der Waals surface area contributed by atoms with Crippen LogP contribution in [0.15, 0.2) is 35.1 Å². The number of pyridine rings is 1. The summed E-state index contributed by atoms with van der Waals surface area (Å²) in [4.78, 5) is 28.5. The first kappa shape index (κ1) is 25.1. The van der Waals surface area contributed by atoms with E-state index in [1.807, 2.05) is 25.1 Å². The second-order valence-corrected chi connectivity index (χ2v) is 10.8. The van der Waals surface area contributed by atoms with Crippen LogP contribution in [0.2, 0.25) is 5.02 Å². The lowest BCUT2D eigenvalue weighted by Crippen LogP contribution is -2.51. The van der Waals surface area contributed by atoms with E-state index < -0.39 is 0 Å². The second-order valence-electron chi connectivity index (χ2n) is 10.4. The van der Waals surface area contributed by atoms with E-state index in [1.54, 1.807) is 13.0 Å². The number of carbonyl (C=O) groups is 1. The number of H-pyrrole nitrogens is 1. The summed E-state index contributed by atoms with van der Waals surface area (Å²) in [5.74, 6) is 0.359. The summed E-state index contributed by atoms with van der Waals surface area (Å²) in [6.45, 7) is 7.83. The number of nitrogens with zero attached hydrogens (tertiary/aromatic N) is 1. The Morgan fingerprint density at radius 1 is 1.17 bits per heavy atom. The minimum Gasteiger partial charge on any atom is -0.378 e. The van der Waals surface area contributed by atoms with Crippen LogP contribution in [0.3, 0.4) is 0 Å². The normalized spacial score (nSPS) is 21.3. The maximum atomic E-state index is 13.4. The highest BCUT2D eigenvalue weighted by atomic mass is 35.5. The molecule has 2 aliphatic rings. The monoisotopic (exact) mass is 510 g/mol. The molecule has 2 aromatic heterocycles. The van der Waals surface area contributed by atoms with Gasteiger partial charge in [0.05, 0.1) is 41.9 Å². The summed E-state index contributed by atoms with van der Waals surface area (Å²) in [5, 5.41) is 7.97. The van der Waals surface area contributed by atoms with Gasteiger partial charge in [0.2, 0.25) is 0 Å². The van der Waals surface area contributed by atoms with E-state index >= 15 is 0 Å². The Morgan fingerprint density at radius 2 is 1.89 bits per heavy atom. The van der Waals surface area contributed by atoms with Gasteiger partial charge in [0.1, 0.15) is 0 Å². The zero-order valence-electron chi connectivity index (χ0n) is 21.2. The van der Waals surface area contributed by atoms with Crippen LogP contribution >= 0.6 is 11.6 Å². The van der Waals surface area contributed by atoms with Crippen molar-refractivity contribution >= 4 is 28.4 Å². The number of benzene rings is 1. The number of amides is 1. The molecule has 2 fully saturated rings. The lowest BCUT2D eigenvalue weighted by molar-refractivity contribution is -0.0130. The third-order valence-corrected chi connectivity index (χ3v) is 8.33. The van der Waals surface area contributed by atoms with Crippen molar-refractivity contribution < 1.29 is 9.53 Å². The lowest BCUT2D eigenvalue weighted by Gasteiger charge is -2.37. The van der Waals surface area contributed by atoms with Gasteiger partial charge in [-0.05, 0) is 64.5 Å². The zero-order valence-corrected chi connectivity index (χ0v) is 22.0. The Hall–Kier alpha value is -2.61. The summed E-state index contributed by atoms with van der Waals surface area (Å²) in [7, 11) is 0. The van der Waals surface area contributed by atoms with Crippen molar-refractivity contribution in [1.29, 1.82) is 0 Å². The molecule has 1 aliphatic carbocycles. The molecule has 0 bridgehead atoms. The molecule has 36 heavy (non-hydrogen) atoms. The van der Waals surface area contributed by atoms with Crippen LogP contribution in [-0.2, 0) is 11.3 Å². The Morgan fingerprint density at radius 3 is 2.56 bits per heavy atom. The molecule has 1 aromatic carbocycles. The van der Waals surface area contributed by atoms with Crippen molar-refractivity contribution in [3.63, 3.8) is 0 Å². The number of fused-ring (bicyclic) bond motifs is 1. The number of halogens is 1. The van der Waals surface area contributed by atoms with Gasteiger partial charge in [0.25, 0.3) is 11.5 Å². The van der Waals surface area contributed by atoms with Gasteiger partial charge in [-0.3, -0.25) is 9.59 Å². The summed E-state index contributed by atoms with van der Waals surface area (Å²) < 4.78 is 7.65. The highest BCUT2D eigenvalue weighted by molar-refractivity contribution is 6.31. The van der Waals surface area contributed by atoms with E-state index in [0.29, 0.717) is 39.8 Å². The fourth-order valence-electron chi connectivity index (χ4n) is 5.94. The lowest BCUT2D eigenvalue weighted by atomic mass is 9.81.